The third-order valence-corrected chi connectivity index (χ3v) is 5.92. The Morgan fingerprint density at radius 2 is 2.05 bits per heavy atom. The summed E-state index contributed by atoms with van der Waals surface area (Å²) < 4.78 is 25.7. The van der Waals surface area contributed by atoms with Gasteiger partial charge >= 0.3 is 0 Å². The second-order valence-corrected chi connectivity index (χ2v) is 8.15. The molecule has 1 aromatic rings. The van der Waals surface area contributed by atoms with Crippen molar-refractivity contribution < 1.29 is 8.42 Å². The van der Waals surface area contributed by atoms with Crippen molar-refractivity contribution in [1.29, 1.82) is 0 Å². The van der Waals surface area contributed by atoms with Crippen LogP contribution in [0.1, 0.15) is 30.8 Å². The third-order valence-electron chi connectivity index (χ3n) is 4.04. The molecule has 114 valence electrons. The Morgan fingerprint density at radius 1 is 1.35 bits per heavy atom. The average Bonchev–Trinajstić information content (AvgIpc) is 2.53. The van der Waals surface area contributed by atoms with Crippen LogP contribution in [-0.2, 0) is 22.9 Å². The van der Waals surface area contributed by atoms with Crippen LogP contribution in [0.5, 0.6) is 0 Å². The highest BCUT2D eigenvalue weighted by Crippen LogP contribution is 2.18. The highest BCUT2D eigenvalue weighted by atomic mass is 32.2. The maximum Gasteiger partial charge on any atom is 0.151 e. The molecule has 0 bridgehead atoms. The van der Waals surface area contributed by atoms with E-state index in [1.807, 2.05) is 18.5 Å². The van der Waals surface area contributed by atoms with Crippen LogP contribution in [0.2, 0.25) is 0 Å². The number of rotatable bonds is 3. The van der Waals surface area contributed by atoms with Crippen LogP contribution in [-0.4, -0.2) is 47.7 Å². The van der Waals surface area contributed by atoms with Gasteiger partial charge in [-0.1, -0.05) is 6.92 Å². The van der Waals surface area contributed by atoms with Gasteiger partial charge in [0.05, 0.1) is 17.2 Å². The Hall–Kier alpha value is -0.880. The lowest BCUT2D eigenvalue weighted by Crippen LogP contribution is -2.29. The van der Waals surface area contributed by atoms with E-state index in [2.05, 4.69) is 23.8 Å². The molecule has 6 heteroatoms. The van der Waals surface area contributed by atoms with Gasteiger partial charge in [0.1, 0.15) is 0 Å². The molecule has 0 spiro atoms. The van der Waals surface area contributed by atoms with E-state index in [0.717, 1.165) is 25.3 Å². The zero-order valence-electron chi connectivity index (χ0n) is 12.9. The Bertz CT molecular complexity index is 577. The summed E-state index contributed by atoms with van der Waals surface area (Å²) in [5.41, 5.74) is 3.51. The van der Waals surface area contributed by atoms with Crippen LogP contribution in [0.3, 0.4) is 0 Å². The van der Waals surface area contributed by atoms with E-state index in [0.29, 0.717) is 12.3 Å². The Balaban J connectivity index is 2.16. The van der Waals surface area contributed by atoms with Crippen molar-refractivity contribution in [3.05, 3.63) is 17.0 Å². The molecule has 1 aliphatic rings. The summed E-state index contributed by atoms with van der Waals surface area (Å²) in [6.45, 7) is 11.4. The number of aryl methyl sites for hydroxylation is 2. The molecule has 2 rings (SSSR count). The predicted molar refractivity (Wildman–Crippen MR) is 80.5 cm³/mol. The molecule has 0 N–H and O–H groups in total. The summed E-state index contributed by atoms with van der Waals surface area (Å²) in [7, 11) is -2.88. The fraction of sp³-hybridized carbons (Fsp3) is 0.786. The molecule has 1 saturated heterocycles. The lowest BCUT2D eigenvalue weighted by molar-refractivity contribution is 0.256. The predicted octanol–water partition coefficient (Wildman–Crippen LogP) is 1.39. The molecular formula is C14H25N3O2S. The van der Waals surface area contributed by atoms with Gasteiger partial charge in [-0.25, -0.2) is 8.42 Å². The van der Waals surface area contributed by atoms with Crippen molar-refractivity contribution in [2.24, 2.45) is 5.92 Å². The maximum absolute atomic E-state index is 11.8. The highest BCUT2D eigenvalue weighted by Gasteiger charge is 2.25. The van der Waals surface area contributed by atoms with Gasteiger partial charge in [-0.05, 0) is 26.7 Å². The van der Waals surface area contributed by atoms with Gasteiger partial charge < -0.3 is 0 Å². The fourth-order valence-corrected chi connectivity index (χ4v) is 4.68. The summed E-state index contributed by atoms with van der Waals surface area (Å²) >= 11 is 0. The summed E-state index contributed by atoms with van der Waals surface area (Å²) in [5.74, 6) is 0.789. The first-order valence-corrected chi connectivity index (χ1v) is 9.10. The van der Waals surface area contributed by atoms with Crippen LogP contribution in [0.15, 0.2) is 0 Å². The van der Waals surface area contributed by atoms with Gasteiger partial charge in [0.2, 0.25) is 0 Å². The van der Waals surface area contributed by atoms with Gasteiger partial charge in [-0.15, -0.1) is 0 Å². The number of hydrogen-bond donors (Lipinski definition) is 0. The smallest absolute Gasteiger partial charge is 0.151 e. The van der Waals surface area contributed by atoms with Crippen molar-refractivity contribution in [2.45, 2.75) is 40.8 Å². The first kappa shape index (κ1) is 15.5. The average molecular weight is 299 g/mol. The SMILES string of the molecule is CCn1nc(C)c(CN2CCS(=O)(=O)CC(C)C2)c1C. The van der Waals surface area contributed by atoms with Gasteiger partial charge in [0.15, 0.2) is 9.84 Å². The minimum Gasteiger partial charge on any atom is -0.298 e. The van der Waals surface area contributed by atoms with Crippen LogP contribution in [0.4, 0.5) is 0 Å². The molecule has 0 aliphatic carbocycles. The van der Waals surface area contributed by atoms with E-state index < -0.39 is 9.84 Å². The molecule has 0 amide bonds. The molecule has 1 atom stereocenters. The number of hydrogen-bond acceptors (Lipinski definition) is 4. The van der Waals surface area contributed by atoms with E-state index in [1.165, 1.54) is 11.3 Å². The molecule has 5 nitrogen and oxygen atoms in total. The van der Waals surface area contributed by atoms with E-state index in [-0.39, 0.29) is 11.7 Å². The van der Waals surface area contributed by atoms with Crippen LogP contribution in [0.25, 0.3) is 0 Å². The molecule has 0 saturated carbocycles. The second kappa shape index (κ2) is 5.85. The minimum atomic E-state index is -2.88. The normalized spacial score (nSPS) is 23.7. The Kier molecular flexibility index (Phi) is 4.54. The monoisotopic (exact) mass is 299 g/mol. The molecule has 2 heterocycles. The molecule has 1 fully saturated rings. The number of sulfone groups is 1. The van der Waals surface area contributed by atoms with E-state index >= 15 is 0 Å². The molecule has 1 unspecified atom stereocenters. The quantitative estimate of drug-likeness (QED) is 0.846. The number of aromatic nitrogens is 2. The summed E-state index contributed by atoms with van der Waals surface area (Å²) in [6, 6.07) is 0. The molecule has 0 radical (unpaired) electrons. The van der Waals surface area contributed by atoms with Crippen molar-refractivity contribution in [1.82, 2.24) is 14.7 Å². The lowest BCUT2D eigenvalue weighted by Gasteiger charge is -2.21. The largest absolute Gasteiger partial charge is 0.298 e. The van der Waals surface area contributed by atoms with Crippen molar-refractivity contribution in [3.8, 4) is 0 Å². The molecule has 1 aliphatic heterocycles. The zero-order chi connectivity index (χ0) is 14.9. The summed E-state index contributed by atoms with van der Waals surface area (Å²) in [6.07, 6.45) is 0. The van der Waals surface area contributed by atoms with Gasteiger partial charge in [0.25, 0.3) is 0 Å². The Morgan fingerprint density at radius 3 is 2.65 bits per heavy atom. The van der Waals surface area contributed by atoms with Gasteiger partial charge in [0, 0.05) is 37.4 Å². The van der Waals surface area contributed by atoms with Crippen LogP contribution < -0.4 is 0 Å². The number of nitrogens with zero attached hydrogens (tertiary/aromatic N) is 3. The minimum absolute atomic E-state index is 0.198. The molecular weight excluding hydrogens is 274 g/mol. The third kappa shape index (κ3) is 3.41. The van der Waals surface area contributed by atoms with Crippen LogP contribution in [0, 0.1) is 19.8 Å². The Labute approximate surface area is 121 Å². The zero-order valence-corrected chi connectivity index (χ0v) is 13.7. The topological polar surface area (TPSA) is 55.2 Å². The summed E-state index contributed by atoms with van der Waals surface area (Å²) in [4.78, 5) is 2.26. The second-order valence-electron chi connectivity index (χ2n) is 5.92. The van der Waals surface area contributed by atoms with E-state index in [1.54, 1.807) is 0 Å². The first-order valence-electron chi connectivity index (χ1n) is 7.28. The standard InChI is InChI=1S/C14H25N3O2S/c1-5-17-13(4)14(12(3)15-17)9-16-6-7-20(18,19)10-11(2)8-16/h11H,5-10H2,1-4H3. The van der Waals surface area contributed by atoms with Crippen LogP contribution >= 0.6 is 0 Å². The lowest BCUT2D eigenvalue weighted by atomic mass is 10.1. The van der Waals surface area contributed by atoms with Gasteiger partial charge in [-0.3, -0.25) is 9.58 Å². The highest BCUT2D eigenvalue weighted by molar-refractivity contribution is 7.91. The summed E-state index contributed by atoms with van der Waals surface area (Å²) in [5, 5.41) is 4.54. The maximum atomic E-state index is 11.8. The molecule has 0 aromatic carbocycles. The first-order chi connectivity index (χ1) is 9.32. The van der Waals surface area contributed by atoms with Gasteiger partial charge in [-0.2, -0.15) is 5.10 Å². The van der Waals surface area contributed by atoms with E-state index in [9.17, 15) is 8.42 Å². The van der Waals surface area contributed by atoms with E-state index in [4.69, 9.17) is 0 Å². The van der Waals surface area contributed by atoms with Crippen molar-refractivity contribution in [3.63, 3.8) is 0 Å². The van der Waals surface area contributed by atoms with Crippen molar-refractivity contribution >= 4 is 9.84 Å². The fourth-order valence-electron chi connectivity index (χ4n) is 3.01. The van der Waals surface area contributed by atoms with Crippen molar-refractivity contribution in [2.75, 3.05) is 24.6 Å². The molecule has 1 aromatic heterocycles. The molecule has 20 heavy (non-hydrogen) atoms.